The second-order valence-corrected chi connectivity index (χ2v) is 5.53. The highest BCUT2D eigenvalue weighted by molar-refractivity contribution is 5.96. The molecule has 2 aromatic rings. The molecule has 0 spiro atoms. The quantitative estimate of drug-likeness (QED) is 0.729. The number of alkyl halides is 3. The second-order valence-electron chi connectivity index (χ2n) is 5.53. The predicted molar refractivity (Wildman–Crippen MR) is 89.3 cm³/mol. The highest BCUT2D eigenvalue weighted by Gasteiger charge is 2.30. The zero-order valence-electron chi connectivity index (χ0n) is 14.1. The molecule has 0 fully saturated rings. The first-order chi connectivity index (χ1) is 12.3. The topological polar surface area (TPSA) is 46.6 Å². The van der Waals surface area contributed by atoms with Gasteiger partial charge in [0.2, 0.25) is 0 Å². The van der Waals surface area contributed by atoms with E-state index in [0.29, 0.717) is 0 Å². The highest BCUT2D eigenvalue weighted by Crippen LogP contribution is 2.29. The van der Waals surface area contributed by atoms with Crippen LogP contribution in [0.15, 0.2) is 54.6 Å². The molecule has 0 aliphatic heterocycles. The third-order valence-electron chi connectivity index (χ3n) is 3.59. The fourth-order valence-corrected chi connectivity index (χ4v) is 2.35. The van der Waals surface area contributed by atoms with Crippen molar-refractivity contribution < 1.29 is 27.5 Å². The van der Waals surface area contributed by atoms with Gasteiger partial charge in [-0.25, -0.2) is 0 Å². The van der Waals surface area contributed by atoms with Crippen LogP contribution < -0.4 is 0 Å². The lowest BCUT2D eigenvalue weighted by Gasteiger charge is -2.22. The molecule has 138 valence electrons. The van der Waals surface area contributed by atoms with E-state index >= 15 is 0 Å². The fourth-order valence-electron chi connectivity index (χ4n) is 2.35. The first-order valence-corrected chi connectivity index (χ1v) is 7.97. The van der Waals surface area contributed by atoms with E-state index in [1.165, 1.54) is 4.90 Å². The van der Waals surface area contributed by atoms with E-state index in [2.05, 4.69) is 0 Å². The number of benzene rings is 2. The molecule has 0 N–H and O–H groups in total. The second kappa shape index (κ2) is 8.51. The minimum atomic E-state index is -4.48. The number of carbonyl (C=O) groups excluding carboxylic acids is 2. The van der Waals surface area contributed by atoms with Crippen LogP contribution in [0.5, 0.6) is 0 Å². The van der Waals surface area contributed by atoms with Crippen LogP contribution in [-0.2, 0) is 22.3 Å². The van der Waals surface area contributed by atoms with Gasteiger partial charge in [0.15, 0.2) is 0 Å². The van der Waals surface area contributed by atoms with E-state index in [4.69, 9.17) is 4.74 Å². The number of esters is 1. The average Bonchev–Trinajstić information content (AvgIpc) is 2.61. The lowest BCUT2D eigenvalue weighted by molar-refractivity contribution is -0.144. The number of rotatable bonds is 6. The molecule has 7 heteroatoms. The summed E-state index contributed by atoms with van der Waals surface area (Å²) >= 11 is 0. The minimum absolute atomic E-state index is 0.0678. The molecule has 0 radical (unpaired) electrons. The van der Waals surface area contributed by atoms with Crippen molar-refractivity contribution in [1.82, 2.24) is 4.90 Å². The molecule has 0 heterocycles. The Morgan fingerprint density at radius 3 is 2.15 bits per heavy atom. The zero-order valence-corrected chi connectivity index (χ0v) is 14.1. The van der Waals surface area contributed by atoms with E-state index in [1.54, 1.807) is 31.2 Å². The molecule has 0 unspecified atom stereocenters. The number of halogens is 3. The van der Waals surface area contributed by atoms with Crippen molar-refractivity contribution >= 4 is 11.9 Å². The Morgan fingerprint density at radius 1 is 1.00 bits per heavy atom. The molecule has 0 atom stereocenters. The molecule has 0 aromatic heterocycles. The van der Waals surface area contributed by atoms with Crippen molar-refractivity contribution in [2.24, 2.45) is 0 Å². The van der Waals surface area contributed by atoms with E-state index < -0.39 is 23.6 Å². The molecule has 0 saturated heterocycles. The molecule has 1 amide bonds. The van der Waals surface area contributed by atoms with Crippen LogP contribution in [0.1, 0.15) is 28.4 Å². The summed E-state index contributed by atoms with van der Waals surface area (Å²) in [5, 5.41) is 0. The Morgan fingerprint density at radius 2 is 1.62 bits per heavy atom. The summed E-state index contributed by atoms with van der Waals surface area (Å²) in [6.07, 6.45) is -4.48. The maximum atomic E-state index is 12.7. The Labute approximate surface area is 149 Å². The van der Waals surface area contributed by atoms with Crippen molar-refractivity contribution in [3.63, 3.8) is 0 Å². The van der Waals surface area contributed by atoms with Gasteiger partial charge in [0.1, 0.15) is 6.54 Å². The Balaban J connectivity index is 2.22. The summed E-state index contributed by atoms with van der Waals surface area (Å²) in [5.74, 6) is -1.13. The largest absolute Gasteiger partial charge is 0.465 e. The summed E-state index contributed by atoms with van der Waals surface area (Å²) in [5.41, 5.74) is 0.0179. The molecule has 2 aromatic carbocycles. The SMILES string of the molecule is CCOC(=O)CN(Cc1ccccc1)C(=O)c1ccc(C(F)(F)F)cc1. The summed E-state index contributed by atoms with van der Waals surface area (Å²) < 4.78 is 42.9. The number of ether oxygens (including phenoxy) is 1. The standard InChI is InChI=1S/C19H18F3NO3/c1-2-26-17(24)13-23(12-14-6-4-3-5-7-14)18(25)15-8-10-16(11-9-15)19(20,21)22/h3-11H,2,12-13H2,1H3. The van der Waals surface area contributed by atoms with E-state index in [9.17, 15) is 22.8 Å². The van der Waals surface area contributed by atoms with Crippen LogP contribution in [0.25, 0.3) is 0 Å². The molecule has 2 rings (SSSR count). The van der Waals surface area contributed by atoms with E-state index in [-0.39, 0.29) is 25.3 Å². The number of amides is 1. The van der Waals surface area contributed by atoms with Gasteiger partial charge in [0, 0.05) is 12.1 Å². The average molecular weight is 365 g/mol. The maximum Gasteiger partial charge on any atom is 0.416 e. The van der Waals surface area contributed by atoms with Crippen LogP contribution in [0.3, 0.4) is 0 Å². The normalized spacial score (nSPS) is 11.1. The van der Waals surface area contributed by atoms with Crippen molar-refractivity contribution in [3.8, 4) is 0 Å². The molecule has 0 aliphatic rings. The first-order valence-electron chi connectivity index (χ1n) is 7.97. The zero-order chi connectivity index (χ0) is 19.2. The number of nitrogens with zero attached hydrogens (tertiary/aromatic N) is 1. The van der Waals surface area contributed by atoms with Crippen molar-refractivity contribution in [2.45, 2.75) is 19.6 Å². The van der Waals surface area contributed by atoms with Crippen LogP contribution in [-0.4, -0.2) is 29.9 Å². The van der Waals surface area contributed by atoms with Gasteiger partial charge >= 0.3 is 12.1 Å². The lowest BCUT2D eigenvalue weighted by Crippen LogP contribution is -2.36. The van der Waals surface area contributed by atoms with Crippen molar-refractivity contribution in [3.05, 3.63) is 71.3 Å². The fraction of sp³-hybridized carbons (Fsp3) is 0.263. The van der Waals surface area contributed by atoms with Crippen LogP contribution in [0, 0.1) is 0 Å². The Bertz CT molecular complexity index is 743. The van der Waals surface area contributed by atoms with Gasteiger partial charge in [0.05, 0.1) is 12.2 Å². The first kappa shape index (κ1) is 19.5. The monoisotopic (exact) mass is 365 g/mol. The van der Waals surface area contributed by atoms with Crippen LogP contribution in [0.4, 0.5) is 13.2 Å². The van der Waals surface area contributed by atoms with Crippen molar-refractivity contribution in [1.29, 1.82) is 0 Å². The Kier molecular flexibility index (Phi) is 6.38. The molecule has 0 saturated carbocycles. The summed E-state index contributed by atoms with van der Waals surface area (Å²) in [7, 11) is 0. The molecule has 4 nitrogen and oxygen atoms in total. The molecular weight excluding hydrogens is 347 g/mol. The third kappa shape index (κ3) is 5.34. The third-order valence-corrected chi connectivity index (χ3v) is 3.59. The summed E-state index contributed by atoms with van der Waals surface area (Å²) in [6, 6.07) is 12.9. The van der Waals surface area contributed by atoms with Gasteiger partial charge in [-0.05, 0) is 36.8 Å². The summed E-state index contributed by atoms with van der Waals surface area (Å²) in [6.45, 7) is 1.67. The van der Waals surface area contributed by atoms with Gasteiger partial charge in [-0.15, -0.1) is 0 Å². The van der Waals surface area contributed by atoms with Gasteiger partial charge in [-0.3, -0.25) is 9.59 Å². The van der Waals surface area contributed by atoms with Crippen LogP contribution >= 0.6 is 0 Å². The van der Waals surface area contributed by atoms with Crippen molar-refractivity contribution in [2.75, 3.05) is 13.2 Å². The smallest absolute Gasteiger partial charge is 0.416 e. The highest BCUT2D eigenvalue weighted by atomic mass is 19.4. The van der Waals surface area contributed by atoms with Crippen LogP contribution in [0.2, 0.25) is 0 Å². The molecular formula is C19H18F3NO3. The lowest BCUT2D eigenvalue weighted by atomic mass is 10.1. The maximum absolute atomic E-state index is 12.7. The Hall–Kier alpha value is -2.83. The molecule has 26 heavy (non-hydrogen) atoms. The van der Waals surface area contributed by atoms with Gasteiger partial charge in [-0.2, -0.15) is 13.2 Å². The van der Waals surface area contributed by atoms with Gasteiger partial charge in [0.25, 0.3) is 5.91 Å². The number of hydrogen-bond donors (Lipinski definition) is 0. The van der Waals surface area contributed by atoms with E-state index in [1.807, 2.05) is 6.07 Å². The minimum Gasteiger partial charge on any atom is -0.465 e. The number of carbonyl (C=O) groups is 2. The van der Waals surface area contributed by atoms with Gasteiger partial charge in [-0.1, -0.05) is 30.3 Å². The molecule has 0 aliphatic carbocycles. The predicted octanol–water partition coefficient (Wildman–Crippen LogP) is 3.91. The van der Waals surface area contributed by atoms with Gasteiger partial charge < -0.3 is 9.64 Å². The van der Waals surface area contributed by atoms with E-state index in [0.717, 1.165) is 29.8 Å². The molecule has 0 bridgehead atoms. The number of hydrogen-bond acceptors (Lipinski definition) is 3. The summed E-state index contributed by atoms with van der Waals surface area (Å²) in [4.78, 5) is 25.7.